The predicted molar refractivity (Wildman–Crippen MR) is 65.3 cm³/mol. The van der Waals surface area contributed by atoms with Gasteiger partial charge in [0.2, 0.25) is 0 Å². The van der Waals surface area contributed by atoms with Gasteiger partial charge in [0.15, 0.2) is 11.6 Å². The maximum Gasteiger partial charge on any atom is 0.159 e. The molecule has 3 nitrogen and oxygen atoms in total. The summed E-state index contributed by atoms with van der Waals surface area (Å²) in [6.07, 6.45) is 1.63. The Bertz CT molecular complexity index is 496. The molecule has 3 N–H and O–H groups in total. The van der Waals surface area contributed by atoms with Crippen molar-refractivity contribution in [2.75, 3.05) is 6.54 Å². The Morgan fingerprint density at radius 3 is 2.68 bits per heavy atom. The zero-order valence-electron chi connectivity index (χ0n) is 10.5. The third-order valence-corrected chi connectivity index (χ3v) is 4.54. The van der Waals surface area contributed by atoms with Crippen molar-refractivity contribution in [3.8, 4) is 0 Å². The third-order valence-electron chi connectivity index (χ3n) is 4.54. The van der Waals surface area contributed by atoms with E-state index in [1.807, 2.05) is 0 Å². The fraction of sp³-hybridized carbons (Fsp3) is 0.571. The lowest BCUT2D eigenvalue weighted by atomic mass is 9.68. The van der Waals surface area contributed by atoms with E-state index < -0.39 is 23.2 Å². The smallest absolute Gasteiger partial charge is 0.159 e. The van der Waals surface area contributed by atoms with Crippen LogP contribution in [0.4, 0.5) is 8.78 Å². The highest BCUT2D eigenvalue weighted by molar-refractivity contribution is 5.24. The first-order chi connectivity index (χ1) is 9.06. The number of fused-ring (bicyclic) bond motifs is 2. The Hall–Kier alpha value is -1.04. The molecule has 19 heavy (non-hydrogen) atoms. The summed E-state index contributed by atoms with van der Waals surface area (Å²) in [6, 6.07) is 3.49. The number of nitrogens with two attached hydrogens (primary N) is 1. The molecule has 0 aromatic heterocycles. The molecule has 104 valence electrons. The van der Waals surface area contributed by atoms with Crippen LogP contribution in [0.15, 0.2) is 18.2 Å². The van der Waals surface area contributed by atoms with Gasteiger partial charge in [-0.05, 0) is 37.0 Å². The summed E-state index contributed by atoms with van der Waals surface area (Å²) in [5.41, 5.74) is 5.64. The lowest BCUT2D eigenvalue weighted by Crippen LogP contribution is -2.44. The molecular weight excluding hydrogens is 252 g/mol. The Morgan fingerprint density at radius 1 is 1.37 bits per heavy atom. The van der Waals surface area contributed by atoms with E-state index in [0.717, 1.165) is 25.0 Å². The Morgan fingerprint density at radius 2 is 2.16 bits per heavy atom. The van der Waals surface area contributed by atoms with Crippen molar-refractivity contribution < 1.29 is 18.6 Å². The number of aliphatic hydroxyl groups excluding tert-OH is 1. The van der Waals surface area contributed by atoms with Crippen molar-refractivity contribution in [2.24, 2.45) is 11.1 Å². The Balaban J connectivity index is 1.93. The highest BCUT2D eigenvalue weighted by Gasteiger charge is 2.55. The minimum absolute atomic E-state index is 0.0920. The van der Waals surface area contributed by atoms with Gasteiger partial charge in [0.25, 0.3) is 0 Å². The Kier molecular flexibility index (Phi) is 3.08. The Labute approximate surface area is 110 Å². The molecule has 4 atom stereocenters. The summed E-state index contributed by atoms with van der Waals surface area (Å²) in [5, 5.41) is 10.6. The van der Waals surface area contributed by atoms with E-state index in [-0.39, 0.29) is 18.8 Å². The largest absolute Gasteiger partial charge is 0.388 e. The number of ether oxygens (including phenoxy) is 1. The lowest BCUT2D eigenvalue weighted by Gasteiger charge is -2.38. The van der Waals surface area contributed by atoms with Crippen molar-refractivity contribution in [2.45, 2.75) is 37.6 Å². The normalized spacial score (nSPS) is 34.7. The topological polar surface area (TPSA) is 55.5 Å². The van der Waals surface area contributed by atoms with Gasteiger partial charge in [0.1, 0.15) is 0 Å². The lowest BCUT2D eigenvalue weighted by molar-refractivity contribution is -0.0265. The van der Waals surface area contributed by atoms with Crippen molar-refractivity contribution >= 4 is 0 Å². The molecule has 3 rings (SSSR count). The molecule has 2 aliphatic rings. The van der Waals surface area contributed by atoms with Crippen molar-refractivity contribution in [3.05, 3.63) is 35.4 Å². The van der Waals surface area contributed by atoms with E-state index in [1.54, 1.807) is 0 Å². The van der Waals surface area contributed by atoms with Gasteiger partial charge in [-0.15, -0.1) is 0 Å². The average Bonchev–Trinajstić information content (AvgIpc) is 3.02. The van der Waals surface area contributed by atoms with Gasteiger partial charge in [0.05, 0.1) is 18.3 Å². The molecule has 2 aliphatic heterocycles. The maximum atomic E-state index is 13.3. The predicted octanol–water partition coefficient (Wildman–Crippen LogP) is 1.89. The highest BCUT2D eigenvalue weighted by Crippen LogP contribution is 2.53. The van der Waals surface area contributed by atoms with Crippen LogP contribution in [0, 0.1) is 17.0 Å². The summed E-state index contributed by atoms with van der Waals surface area (Å²) in [6.45, 7) is 0.272. The van der Waals surface area contributed by atoms with Crippen LogP contribution >= 0.6 is 0 Å². The first-order valence-corrected chi connectivity index (χ1v) is 6.55. The van der Waals surface area contributed by atoms with Crippen molar-refractivity contribution in [3.63, 3.8) is 0 Å². The van der Waals surface area contributed by atoms with Crippen LogP contribution in [0.5, 0.6) is 0 Å². The van der Waals surface area contributed by atoms with E-state index in [1.165, 1.54) is 6.07 Å². The number of benzene rings is 1. The first-order valence-electron chi connectivity index (χ1n) is 6.55. The molecule has 0 saturated carbocycles. The zero-order chi connectivity index (χ0) is 13.6. The third kappa shape index (κ3) is 1.88. The molecule has 0 amide bonds. The molecular formula is C14H17F2NO2. The minimum Gasteiger partial charge on any atom is -0.388 e. The summed E-state index contributed by atoms with van der Waals surface area (Å²) in [5.74, 6) is -1.87. The number of aliphatic hydroxyl groups is 1. The number of rotatable bonds is 3. The monoisotopic (exact) mass is 269 g/mol. The summed E-state index contributed by atoms with van der Waals surface area (Å²) >= 11 is 0. The molecule has 2 saturated heterocycles. The number of hydrogen-bond donors (Lipinski definition) is 2. The van der Waals surface area contributed by atoms with Crippen LogP contribution in [0.2, 0.25) is 0 Å². The minimum atomic E-state index is -0.951. The molecule has 2 heterocycles. The molecule has 0 aliphatic carbocycles. The molecule has 1 aromatic rings. The molecule has 5 heteroatoms. The molecule has 1 aromatic carbocycles. The molecule has 2 bridgehead atoms. The SMILES string of the molecule is NCC1(C(O)c2ccc(F)c(F)c2)CC2CCC1O2. The van der Waals surface area contributed by atoms with E-state index in [9.17, 15) is 13.9 Å². The maximum absolute atomic E-state index is 13.3. The number of hydrogen-bond acceptors (Lipinski definition) is 3. The summed E-state index contributed by atoms with van der Waals surface area (Å²) in [7, 11) is 0. The first kappa shape index (κ1) is 13.0. The van der Waals surface area contributed by atoms with Gasteiger partial charge < -0.3 is 15.6 Å². The van der Waals surface area contributed by atoms with Crippen molar-refractivity contribution in [1.29, 1.82) is 0 Å². The molecule has 2 fully saturated rings. The second kappa shape index (κ2) is 4.51. The summed E-state index contributed by atoms with van der Waals surface area (Å²) < 4.78 is 32.0. The van der Waals surface area contributed by atoms with Crippen LogP contribution < -0.4 is 5.73 Å². The quantitative estimate of drug-likeness (QED) is 0.881. The van der Waals surface area contributed by atoms with Gasteiger partial charge in [-0.3, -0.25) is 0 Å². The van der Waals surface area contributed by atoms with Crippen LogP contribution in [0.1, 0.15) is 30.9 Å². The zero-order valence-corrected chi connectivity index (χ0v) is 10.5. The van der Waals surface area contributed by atoms with E-state index in [4.69, 9.17) is 10.5 Å². The second-order valence-electron chi connectivity index (χ2n) is 5.54. The van der Waals surface area contributed by atoms with Gasteiger partial charge in [-0.1, -0.05) is 6.07 Å². The van der Waals surface area contributed by atoms with Crippen molar-refractivity contribution in [1.82, 2.24) is 0 Å². The van der Waals surface area contributed by atoms with Gasteiger partial charge >= 0.3 is 0 Å². The van der Waals surface area contributed by atoms with Crippen LogP contribution in [-0.4, -0.2) is 23.9 Å². The van der Waals surface area contributed by atoms with Crippen LogP contribution in [0.25, 0.3) is 0 Å². The van der Waals surface area contributed by atoms with E-state index >= 15 is 0 Å². The summed E-state index contributed by atoms with van der Waals surface area (Å²) in [4.78, 5) is 0. The van der Waals surface area contributed by atoms with E-state index in [2.05, 4.69) is 0 Å². The molecule has 4 unspecified atom stereocenters. The average molecular weight is 269 g/mol. The fourth-order valence-electron chi connectivity index (χ4n) is 3.46. The van der Waals surface area contributed by atoms with Gasteiger partial charge in [-0.2, -0.15) is 0 Å². The fourth-order valence-corrected chi connectivity index (χ4v) is 3.46. The van der Waals surface area contributed by atoms with Crippen LogP contribution in [-0.2, 0) is 4.74 Å². The van der Waals surface area contributed by atoms with Crippen LogP contribution in [0.3, 0.4) is 0 Å². The van der Waals surface area contributed by atoms with E-state index in [0.29, 0.717) is 12.0 Å². The van der Waals surface area contributed by atoms with Gasteiger partial charge in [-0.25, -0.2) is 8.78 Å². The number of halogens is 2. The highest BCUT2D eigenvalue weighted by atomic mass is 19.2. The standard InChI is InChI=1S/C14H17F2NO2/c15-10-3-1-8(5-11(10)16)13(18)14(7-17)6-9-2-4-12(14)19-9/h1,3,5,9,12-13,18H,2,4,6-7,17H2. The molecule has 0 spiro atoms. The molecule has 0 radical (unpaired) electrons. The van der Waals surface area contributed by atoms with Gasteiger partial charge in [0, 0.05) is 12.0 Å². The second-order valence-corrected chi connectivity index (χ2v) is 5.54.